The van der Waals surface area contributed by atoms with Crippen LogP contribution in [0.3, 0.4) is 0 Å². The van der Waals surface area contributed by atoms with Crippen LogP contribution in [0.2, 0.25) is 0 Å². The fourth-order valence-corrected chi connectivity index (χ4v) is 3.89. The largest absolute Gasteiger partial charge is 0.368 e. The normalized spacial score (nSPS) is 14.9. The van der Waals surface area contributed by atoms with E-state index in [2.05, 4.69) is 49.1 Å². The summed E-state index contributed by atoms with van der Waals surface area (Å²) in [6.07, 6.45) is 1.16. The van der Waals surface area contributed by atoms with E-state index in [0.29, 0.717) is 12.2 Å². The van der Waals surface area contributed by atoms with Crippen LogP contribution in [-0.4, -0.2) is 58.8 Å². The molecule has 0 radical (unpaired) electrons. The molecule has 2 N–H and O–H groups in total. The zero-order valence-electron chi connectivity index (χ0n) is 16.7. The van der Waals surface area contributed by atoms with Gasteiger partial charge >= 0.3 is 0 Å². The van der Waals surface area contributed by atoms with Gasteiger partial charge in [0.25, 0.3) is 0 Å². The van der Waals surface area contributed by atoms with E-state index in [4.69, 9.17) is 0 Å². The summed E-state index contributed by atoms with van der Waals surface area (Å²) >= 11 is 0. The minimum absolute atomic E-state index is 0. The third-order valence-corrected chi connectivity index (χ3v) is 5.25. The van der Waals surface area contributed by atoms with Gasteiger partial charge in [-0.1, -0.05) is 36.4 Å². The van der Waals surface area contributed by atoms with Crippen LogP contribution in [0.25, 0.3) is 0 Å². The van der Waals surface area contributed by atoms with Gasteiger partial charge in [0.2, 0.25) is 10.0 Å². The molecule has 2 aromatic carbocycles. The average Bonchev–Trinajstić information content (AvgIpc) is 2.70. The Morgan fingerprint density at radius 3 is 2.24 bits per heavy atom. The van der Waals surface area contributed by atoms with Crippen molar-refractivity contribution in [1.29, 1.82) is 0 Å². The zero-order valence-corrected chi connectivity index (χ0v) is 19.9. The molecule has 0 spiro atoms. The lowest BCUT2D eigenvalue weighted by molar-refractivity contribution is 0.372. The Labute approximate surface area is 190 Å². The fourth-order valence-electron chi connectivity index (χ4n) is 3.30. The van der Waals surface area contributed by atoms with Crippen molar-refractivity contribution in [3.63, 3.8) is 0 Å². The summed E-state index contributed by atoms with van der Waals surface area (Å²) in [5.74, 6) is 0.821. The first kappa shape index (κ1) is 23.3. The zero-order chi connectivity index (χ0) is 20.0. The van der Waals surface area contributed by atoms with E-state index in [9.17, 15) is 8.42 Å². The van der Waals surface area contributed by atoms with Gasteiger partial charge in [0.05, 0.1) is 11.9 Å². The molecule has 0 saturated carbocycles. The summed E-state index contributed by atoms with van der Waals surface area (Å²) < 4.78 is 25.7. The van der Waals surface area contributed by atoms with Crippen molar-refractivity contribution < 1.29 is 8.42 Å². The second kappa shape index (κ2) is 10.7. The first-order chi connectivity index (χ1) is 13.5. The number of aliphatic imine (C=N–C) groups is 1. The molecule has 1 saturated heterocycles. The molecule has 0 aromatic heterocycles. The van der Waals surface area contributed by atoms with Crippen molar-refractivity contribution in [1.82, 2.24) is 10.2 Å². The van der Waals surface area contributed by atoms with Crippen LogP contribution < -0.4 is 14.9 Å². The second-order valence-corrected chi connectivity index (χ2v) is 8.49. The van der Waals surface area contributed by atoms with Gasteiger partial charge in [0, 0.05) is 45.5 Å². The number of guanidine groups is 1. The number of sulfonamides is 1. The molecule has 1 aliphatic rings. The first-order valence-corrected chi connectivity index (χ1v) is 11.2. The number of hydrogen-bond acceptors (Lipinski definition) is 4. The third kappa shape index (κ3) is 6.77. The maximum Gasteiger partial charge on any atom is 0.229 e. The molecule has 1 heterocycles. The fraction of sp³-hybridized carbons (Fsp3) is 0.350. The minimum Gasteiger partial charge on any atom is -0.368 e. The standard InChI is InChI=1S/C20H27N5O2S.HI/c1-21-20(22-16-17-8-6-7-11-19(17)23-28(2,26)27)25-14-12-24(13-15-25)18-9-4-3-5-10-18;/h3-11,23H,12-16H2,1-2H3,(H,21,22);1H. The average molecular weight is 529 g/mol. The lowest BCUT2D eigenvalue weighted by Gasteiger charge is -2.37. The number of piperazine rings is 1. The van der Waals surface area contributed by atoms with Crippen LogP contribution in [0.4, 0.5) is 11.4 Å². The number of para-hydroxylation sites is 2. The van der Waals surface area contributed by atoms with Crippen LogP contribution >= 0.6 is 24.0 Å². The Balaban J connectivity index is 0.00000300. The van der Waals surface area contributed by atoms with Gasteiger partial charge in [-0.05, 0) is 23.8 Å². The maximum absolute atomic E-state index is 11.6. The molecule has 2 aromatic rings. The van der Waals surface area contributed by atoms with Gasteiger partial charge in [-0.2, -0.15) is 0 Å². The molecule has 0 bridgehead atoms. The van der Waals surface area contributed by atoms with E-state index in [1.807, 2.05) is 24.3 Å². The molecule has 0 aliphatic carbocycles. The molecule has 7 nitrogen and oxygen atoms in total. The summed E-state index contributed by atoms with van der Waals surface area (Å²) in [6, 6.07) is 17.8. The highest BCUT2D eigenvalue weighted by molar-refractivity contribution is 14.0. The number of nitrogens with zero attached hydrogens (tertiary/aromatic N) is 3. The molecule has 9 heteroatoms. The number of nitrogens with one attached hydrogen (secondary N) is 2. The highest BCUT2D eigenvalue weighted by atomic mass is 127. The first-order valence-electron chi connectivity index (χ1n) is 9.27. The molecular weight excluding hydrogens is 501 g/mol. The second-order valence-electron chi connectivity index (χ2n) is 6.74. The molecule has 0 atom stereocenters. The van der Waals surface area contributed by atoms with Crippen molar-refractivity contribution in [3.8, 4) is 0 Å². The molecule has 1 aliphatic heterocycles. The summed E-state index contributed by atoms with van der Waals surface area (Å²) in [5, 5.41) is 3.36. The molecule has 29 heavy (non-hydrogen) atoms. The van der Waals surface area contributed by atoms with Crippen molar-refractivity contribution >= 4 is 51.3 Å². The lowest BCUT2D eigenvalue weighted by atomic mass is 10.2. The topological polar surface area (TPSA) is 77.0 Å². The Morgan fingerprint density at radius 2 is 1.62 bits per heavy atom. The van der Waals surface area contributed by atoms with E-state index < -0.39 is 10.0 Å². The number of hydrogen-bond donors (Lipinski definition) is 2. The van der Waals surface area contributed by atoms with Gasteiger partial charge in [0.1, 0.15) is 0 Å². The van der Waals surface area contributed by atoms with Crippen LogP contribution in [0, 0.1) is 0 Å². The smallest absolute Gasteiger partial charge is 0.229 e. The molecule has 0 unspecified atom stereocenters. The van der Waals surface area contributed by atoms with E-state index in [0.717, 1.165) is 44.0 Å². The number of rotatable bonds is 5. The van der Waals surface area contributed by atoms with Crippen LogP contribution in [0.5, 0.6) is 0 Å². The van der Waals surface area contributed by atoms with Crippen LogP contribution in [0.1, 0.15) is 5.56 Å². The van der Waals surface area contributed by atoms with Gasteiger partial charge < -0.3 is 15.1 Å². The Hall–Kier alpha value is -2.01. The van der Waals surface area contributed by atoms with Crippen LogP contribution in [-0.2, 0) is 16.6 Å². The minimum atomic E-state index is -3.32. The Kier molecular flexibility index (Phi) is 8.57. The summed E-state index contributed by atoms with van der Waals surface area (Å²) in [6.45, 7) is 4.09. The predicted octanol–water partition coefficient (Wildman–Crippen LogP) is 2.57. The van der Waals surface area contributed by atoms with E-state index in [-0.39, 0.29) is 24.0 Å². The molecule has 3 rings (SSSR count). The highest BCUT2D eigenvalue weighted by Crippen LogP contribution is 2.17. The number of benzene rings is 2. The summed E-state index contributed by atoms with van der Waals surface area (Å²) in [7, 11) is -1.55. The Morgan fingerprint density at radius 1 is 1.00 bits per heavy atom. The third-order valence-electron chi connectivity index (χ3n) is 4.66. The quantitative estimate of drug-likeness (QED) is 0.354. The van der Waals surface area contributed by atoms with Crippen molar-refractivity contribution in [2.24, 2.45) is 4.99 Å². The SMILES string of the molecule is CN=C(NCc1ccccc1NS(C)(=O)=O)N1CCN(c2ccccc2)CC1.I. The maximum atomic E-state index is 11.6. The van der Waals surface area contributed by atoms with E-state index >= 15 is 0 Å². The van der Waals surface area contributed by atoms with E-state index in [1.165, 1.54) is 5.69 Å². The number of halogens is 1. The lowest BCUT2D eigenvalue weighted by Crippen LogP contribution is -2.52. The molecular formula is C20H28IN5O2S. The van der Waals surface area contributed by atoms with Crippen LogP contribution in [0.15, 0.2) is 59.6 Å². The summed E-state index contributed by atoms with van der Waals surface area (Å²) in [5.41, 5.74) is 2.70. The Bertz CT molecular complexity index is 913. The monoisotopic (exact) mass is 529 g/mol. The summed E-state index contributed by atoms with van der Waals surface area (Å²) in [4.78, 5) is 9.00. The van der Waals surface area contributed by atoms with Crippen molar-refractivity contribution in [3.05, 3.63) is 60.2 Å². The molecule has 1 fully saturated rings. The van der Waals surface area contributed by atoms with E-state index in [1.54, 1.807) is 13.1 Å². The van der Waals surface area contributed by atoms with Gasteiger partial charge in [-0.3, -0.25) is 9.71 Å². The highest BCUT2D eigenvalue weighted by Gasteiger charge is 2.20. The predicted molar refractivity (Wildman–Crippen MR) is 131 cm³/mol. The molecule has 0 amide bonds. The number of anilines is 2. The van der Waals surface area contributed by atoms with Gasteiger partial charge in [-0.15, -0.1) is 24.0 Å². The molecule has 158 valence electrons. The van der Waals surface area contributed by atoms with Crippen molar-refractivity contribution in [2.75, 3.05) is 49.1 Å². The van der Waals surface area contributed by atoms with Gasteiger partial charge in [0.15, 0.2) is 5.96 Å². The van der Waals surface area contributed by atoms with Gasteiger partial charge in [-0.25, -0.2) is 8.42 Å². The van der Waals surface area contributed by atoms with Crippen molar-refractivity contribution in [2.45, 2.75) is 6.54 Å².